The van der Waals surface area contributed by atoms with Crippen LogP contribution in [0.15, 0.2) is 54.1 Å². The molecule has 0 saturated carbocycles. The van der Waals surface area contributed by atoms with Gasteiger partial charge in [0, 0.05) is 23.5 Å². The van der Waals surface area contributed by atoms with Crippen molar-refractivity contribution < 1.29 is 19.2 Å². The topological polar surface area (TPSA) is 107 Å². The highest BCUT2D eigenvalue weighted by atomic mass is 32.1. The lowest BCUT2D eigenvalue weighted by Crippen LogP contribution is -2.54. The van der Waals surface area contributed by atoms with Crippen molar-refractivity contribution in [1.82, 2.24) is 9.88 Å². The minimum Gasteiger partial charge on any atom is -0.495 e. The maximum Gasteiger partial charge on any atom is 0.271 e. The molecule has 0 radical (unpaired) electrons. The Bertz CT molecular complexity index is 1440. The molecule has 0 bridgehead atoms. The number of nitrogens with one attached hydrogen (secondary N) is 1. The van der Waals surface area contributed by atoms with Crippen LogP contribution in [0.1, 0.15) is 22.5 Å². The first-order valence-electron chi connectivity index (χ1n) is 10.6. The van der Waals surface area contributed by atoms with Gasteiger partial charge in [0.25, 0.3) is 17.5 Å². The number of nitrogens with zero attached hydrogens (tertiary/aromatic N) is 3. The molecule has 1 fully saturated rings. The fourth-order valence-corrected chi connectivity index (χ4v) is 4.39. The highest BCUT2D eigenvalue weighted by Crippen LogP contribution is 2.33. The molecule has 2 aromatic carbocycles. The molecule has 9 nitrogen and oxygen atoms in total. The van der Waals surface area contributed by atoms with Crippen LogP contribution < -0.4 is 15.0 Å². The number of hydrogen-bond acceptors (Lipinski definition) is 6. The molecule has 178 valence electrons. The summed E-state index contributed by atoms with van der Waals surface area (Å²) >= 11 is 5.29. The number of para-hydroxylation sites is 1. The molecular weight excluding hydrogens is 468 g/mol. The SMILES string of the molecule is COc1ccc([N+](=O)[O-])cc1-n1c(C)cc(/C=C2\C(=O)NC(=S)N(c3ccccc3C)C2=O)c1C. The number of anilines is 1. The minimum atomic E-state index is -0.595. The maximum absolute atomic E-state index is 13.4. The third-order valence-corrected chi connectivity index (χ3v) is 6.13. The first kappa shape index (κ1) is 23.8. The number of aryl methyl sites for hydroxylation is 2. The van der Waals surface area contributed by atoms with E-state index in [9.17, 15) is 19.7 Å². The summed E-state index contributed by atoms with van der Waals surface area (Å²) in [5, 5.41) is 13.9. The van der Waals surface area contributed by atoms with E-state index < -0.39 is 16.7 Å². The van der Waals surface area contributed by atoms with Gasteiger partial charge < -0.3 is 9.30 Å². The quantitative estimate of drug-likeness (QED) is 0.189. The van der Waals surface area contributed by atoms with Crippen molar-refractivity contribution in [2.45, 2.75) is 20.8 Å². The van der Waals surface area contributed by atoms with E-state index in [1.807, 2.05) is 26.0 Å². The highest BCUT2D eigenvalue weighted by molar-refractivity contribution is 7.80. The van der Waals surface area contributed by atoms with Crippen molar-refractivity contribution in [3.05, 3.63) is 86.7 Å². The minimum absolute atomic E-state index is 0.0123. The number of ether oxygens (including phenoxy) is 1. The van der Waals surface area contributed by atoms with Crippen LogP contribution in [0.3, 0.4) is 0 Å². The van der Waals surface area contributed by atoms with E-state index in [1.165, 1.54) is 36.3 Å². The van der Waals surface area contributed by atoms with Crippen LogP contribution in [0.2, 0.25) is 0 Å². The number of aromatic nitrogens is 1. The number of thiocarbonyl (C=S) groups is 1. The number of nitro groups is 1. The summed E-state index contributed by atoms with van der Waals surface area (Å²) in [4.78, 5) is 38.3. The van der Waals surface area contributed by atoms with Gasteiger partial charge in [-0.1, -0.05) is 18.2 Å². The summed E-state index contributed by atoms with van der Waals surface area (Å²) in [5.74, 6) is -0.687. The molecule has 1 aromatic heterocycles. The van der Waals surface area contributed by atoms with E-state index in [2.05, 4.69) is 5.32 Å². The van der Waals surface area contributed by atoms with Crippen molar-refractivity contribution in [3.63, 3.8) is 0 Å². The second-order valence-corrected chi connectivity index (χ2v) is 8.41. The van der Waals surface area contributed by atoms with E-state index in [-0.39, 0.29) is 16.4 Å². The van der Waals surface area contributed by atoms with Crippen molar-refractivity contribution in [3.8, 4) is 11.4 Å². The van der Waals surface area contributed by atoms with E-state index >= 15 is 0 Å². The molecule has 3 aromatic rings. The van der Waals surface area contributed by atoms with Crippen LogP contribution in [-0.2, 0) is 9.59 Å². The smallest absolute Gasteiger partial charge is 0.271 e. The van der Waals surface area contributed by atoms with Gasteiger partial charge in [0.05, 0.1) is 23.4 Å². The fourth-order valence-electron chi connectivity index (χ4n) is 4.12. The van der Waals surface area contributed by atoms with Gasteiger partial charge in [-0.05, 0) is 68.4 Å². The van der Waals surface area contributed by atoms with E-state index in [0.29, 0.717) is 28.4 Å². The van der Waals surface area contributed by atoms with E-state index in [4.69, 9.17) is 17.0 Å². The molecule has 1 saturated heterocycles. The monoisotopic (exact) mass is 490 g/mol. The second-order valence-electron chi connectivity index (χ2n) is 8.02. The maximum atomic E-state index is 13.4. The Morgan fingerprint density at radius 3 is 2.43 bits per heavy atom. The van der Waals surface area contributed by atoms with Crippen LogP contribution >= 0.6 is 12.2 Å². The zero-order valence-corrected chi connectivity index (χ0v) is 20.3. The van der Waals surface area contributed by atoms with Crippen molar-refractivity contribution >= 4 is 46.6 Å². The number of carbonyl (C=O) groups excluding carboxylic acids is 2. The van der Waals surface area contributed by atoms with Gasteiger partial charge in [-0.25, -0.2) is 0 Å². The molecule has 1 aliphatic heterocycles. The van der Waals surface area contributed by atoms with Gasteiger partial charge in [-0.3, -0.25) is 29.9 Å². The normalized spacial score (nSPS) is 14.9. The van der Waals surface area contributed by atoms with Crippen molar-refractivity contribution in [2.75, 3.05) is 12.0 Å². The number of rotatable bonds is 5. The molecule has 2 amide bonds. The molecule has 10 heteroatoms. The average molecular weight is 491 g/mol. The third kappa shape index (κ3) is 4.19. The van der Waals surface area contributed by atoms with E-state index in [0.717, 1.165) is 11.3 Å². The van der Waals surface area contributed by atoms with Gasteiger partial charge in [-0.2, -0.15) is 0 Å². The van der Waals surface area contributed by atoms with Crippen molar-refractivity contribution in [1.29, 1.82) is 0 Å². The van der Waals surface area contributed by atoms with Gasteiger partial charge >= 0.3 is 0 Å². The van der Waals surface area contributed by atoms with Crippen LogP contribution in [0.4, 0.5) is 11.4 Å². The number of non-ortho nitro benzene ring substituents is 1. The van der Waals surface area contributed by atoms with Crippen LogP contribution in [0.25, 0.3) is 11.8 Å². The Labute approximate surface area is 206 Å². The molecule has 1 aliphatic rings. The molecular formula is C25H22N4O5S. The van der Waals surface area contributed by atoms with Crippen LogP contribution in [0, 0.1) is 30.9 Å². The summed E-state index contributed by atoms with van der Waals surface area (Å²) in [6.45, 7) is 5.47. The molecule has 0 atom stereocenters. The number of benzene rings is 2. The number of nitro benzene ring substituents is 1. The predicted molar refractivity (Wildman–Crippen MR) is 136 cm³/mol. The van der Waals surface area contributed by atoms with Gasteiger partial charge in [-0.15, -0.1) is 0 Å². The number of methoxy groups -OCH3 is 1. The summed E-state index contributed by atoms with van der Waals surface area (Å²) < 4.78 is 7.21. The first-order chi connectivity index (χ1) is 16.6. The molecule has 35 heavy (non-hydrogen) atoms. The predicted octanol–water partition coefficient (Wildman–Crippen LogP) is 4.15. The Kier molecular flexibility index (Phi) is 6.23. The summed E-state index contributed by atoms with van der Waals surface area (Å²) in [5.41, 5.74) is 3.74. The highest BCUT2D eigenvalue weighted by Gasteiger charge is 2.35. The molecule has 4 rings (SSSR count). The van der Waals surface area contributed by atoms with Gasteiger partial charge in [0.15, 0.2) is 5.11 Å². The third-order valence-electron chi connectivity index (χ3n) is 5.84. The van der Waals surface area contributed by atoms with Gasteiger partial charge in [0.1, 0.15) is 11.3 Å². The molecule has 0 aliphatic carbocycles. The molecule has 0 unspecified atom stereocenters. The summed E-state index contributed by atoms with van der Waals surface area (Å²) in [6.07, 6.45) is 1.51. The van der Waals surface area contributed by atoms with Crippen LogP contribution in [0.5, 0.6) is 5.75 Å². The zero-order chi connectivity index (χ0) is 25.4. The van der Waals surface area contributed by atoms with Crippen LogP contribution in [-0.4, -0.2) is 33.5 Å². The van der Waals surface area contributed by atoms with Gasteiger partial charge in [0.2, 0.25) is 0 Å². The first-order valence-corrected chi connectivity index (χ1v) is 11.0. The average Bonchev–Trinajstić information content (AvgIpc) is 3.09. The van der Waals surface area contributed by atoms with Crippen molar-refractivity contribution in [2.24, 2.45) is 0 Å². The number of amides is 2. The lowest BCUT2D eigenvalue weighted by atomic mass is 10.1. The lowest BCUT2D eigenvalue weighted by molar-refractivity contribution is -0.384. The number of carbonyl (C=O) groups is 2. The molecule has 0 spiro atoms. The second kappa shape index (κ2) is 9.15. The molecule has 2 heterocycles. The Hall–Kier alpha value is -4.31. The zero-order valence-electron chi connectivity index (χ0n) is 19.5. The Morgan fingerprint density at radius 2 is 1.77 bits per heavy atom. The van der Waals surface area contributed by atoms with E-state index in [1.54, 1.807) is 29.7 Å². The number of hydrogen-bond donors (Lipinski definition) is 1. The summed E-state index contributed by atoms with van der Waals surface area (Å²) in [7, 11) is 1.48. The fraction of sp³-hybridized carbons (Fsp3) is 0.160. The standard InChI is InChI=1S/C25H22N4O5S/c1-14-7-5-6-8-20(14)28-24(31)19(23(30)26-25(28)35)12-17-11-15(2)27(16(17)3)21-13-18(29(32)33)9-10-22(21)34-4/h5-13H,1-4H3,(H,26,30,35)/b19-12+. The lowest BCUT2D eigenvalue weighted by Gasteiger charge is -2.30. The largest absolute Gasteiger partial charge is 0.495 e. The summed E-state index contributed by atoms with van der Waals surface area (Å²) in [6, 6.07) is 13.4. The Balaban J connectivity index is 1.82. The molecule has 1 N–H and O–H groups in total. The Morgan fingerprint density at radius 1 is 1.06 bits per heavy atom.